The Bertz CT molecular complexity index is 486. The third-order valence-electron chi connectivity index (χ3n) is 2.56. The van der Waals surface area contributed by atoms with Crippen molar-refractivity contribution < 1.29 is 14.7 Å². The number of fused-ring (bicyclic) bond motifs is 1. The highest BCUT2D eigenvalue weighted by Gasteiger charge is 2.46. The predicted molar refractivity (Wildman–Crippen MR) is 67.0 cm³/mol. The number of halogens is 1. The summed E-state index contributed by atoms with van der Waals surface area (Å²) >= 11 is 2.10. The number of amides is 1. The van der Waals surface area contributed by atoms with Crippen LogP contribution in [0.25, 0.3) is 0 Å². The summed E-state index contributed by atoms with van der Waals surface area (Å²) in [6.45, 7) is 1.36. The zero-order valence-corrected chi connectivity index (χ0v) is 10.7. The standard InChI is InChI=1S/C11H10INO3/c1-6(14)5-11(16)8-4-7(12)2-3-9(8)13-10(11)15/h2-4,16H,5H2,1H3,(H,13,15)/t11-/m0/s1. The van der Waals surface area contributed by atoms with Crippen LogP contribution in [0.15, 0.2) is 18.2 Å². The highest BCUT2D eigenvalue weighted by atomic mass is 127. The number of Topliss-reactive ketones (excluding diaryl/α,β-unsaturated/α-hetero) is 1. The molecular formula is C11H10INO3. The number of carbonyl (C=O) groups excluding carboxylic acids is 2. The van der Waals surface area contributed by atoms with E-state index < -0.39 is 11.5 Å². The van der Waals surface area contributed by atoms with Crippen molar-refractivity contribution in [2.24, 2.45) is 0 Å². The van der Waals surface area contributed by atoms with Gasteiger partial charge in [-0.15, -0.1) is 0 Å². The monoisotopic (exact) mass is 331 g/mol. The maximum atomic E-state index is 11.7. The molecule has 5 heteroatoms. The first kappa shape index (κ1) is 11.5. The van der Waals surface area contributed by atoms with Crippen molar-refractivity contribution in [2.75, 3.05) is 5.32 Å². The molecule has 1 aromatic carbocycles. The van der Waals surface area contributed by atoms with Gasteiger partial charge in [-0.2, -0.15) is 0 Å². The van der Waals surface area contributed by atoms with Gasteiger partial charge in [-0.05, 0) is 47.7 Å². The van der Waals surface area contributed by atoms with E-state index in [1.54, 1.807) is 12.1 Å². The quantitative estimate of drug-likeness (QED) is 0.806. The molecule has 1 atom stereocenters. The summed E-state index contributed by atoms with van der Waals surface area (Å²) in [5.74, 6) is -0.746. The molecule has 1 aromatic rings. The summed E-state index contributed by atoms with van der Waals surface area (Å²) in [6.07, 6.45) is -0.189. The Morgan fingerprint density at radius 3 is 2.88 bits per heavy atom. The van der Waals surface area contributed by atoms with Crippen molar-refractivity contribution in [3.8, 4) is 0 Å². The second-order valence-corrected chi connectivity index (χ2v) is 5.13. The number of hydrogen-bond donors (Lipinski definition) is 2. The summed E-state index contributed by atoms with van der Waals surface area (Å²) in [7, 11) is 0. The predicted octanol–water partition coefficient (Wildman–Crippen LogP) is 1.41. The van der Waals surface area contributed by atoms with Crippen LogP contribution in [0.2, 0.25) is 0 Å². The lowest BCUT2D eigenvalue weighted by molar-refractivity contribution is -0.139. The Balaban J connectivity index is 2.53. The van der Waals surface area contributed by atoms with Gasteiger partial charge in [-0.3, -0.25) is 9.59 Å². The summed E-state index contributed by atoms with van der Waals surface area (Å²) in [6, 6.07) is 5.28. The van der Waals surface area contributed by atoms with E-state index in [9.17, 15) is 14.7 Å². The van der Waals surface area contributed by atoms with Crippen LogP contribution in [0, 0.1) is 3.57 Å². The second-order valence-electron chi connectivity index (χ2n) is 3.88. The summed E-state index contributed by atoms with van der Waals surface area (Å²) in [5, 5.41) is 12.8. The van der Waals surface area contributed by atoms with Crippen LogP contribution < -0.4 is 5.32 Å². The fraction of sp³-hybridized carbons (Fsp3) is 0.273. The first-order chi connectivity index (χ1) is 7.43. The molecule has 1 aliphatic rings. The average molecular weight is 331 g/mol. The van der Waals surface area contributed by atoms with Crippen molar-refractivity contribution in [1.29, 1.82) is 0 Å². The fourth-order valence-corrected chi connectivity index (χ4v) is 2.34. The van der Waals surface area contributed by atoms with Gasteiger partial charge in [0.1, 0.15) is 5.78 Å². The number of hydrogen-bond acceptors (Lipinski definition) is 3. The molecular weight excluding hydrogens is 321 g/mol. The van der Waals surface area contributed by atoms with Gasteiger partial charge in [0.25, 0.3) is 5.91 Å². The minimum absolute atomic E-state index is 0.189. The van der Waals surface area contributed by atoms with E-state index in [4.69, 9.17) is 0 Å². The van der Waals surface area contributed by atoms with E-state index >= 15 is 0 Å². The first-order valence-electron chi connectivity index (χ1n) is 4.77. The molecule has 84 valence electrons. The molecule has 16 heavy (non-hydrogen) atoms. The van der Waals surface area contributed by atoms with Gasteiger partial charge in [0.15, 0.2) is 5.60 Å². The number of benzene rings is 1. The molecule has 4 nitrogen and oxygen atoms in total. The Hall–Kier alpha value is -0.950. The van der Waals surface area contributed by atoms with E-state index in [2.05, 4.69) is 27.9 Å². The van der Waals surface area contributed by atoms with Gasteiger partial charge >= 0.3 is 0 Å². The maximum Gasteiger partial charge on any atom is 0.261 e. The zero-order valence-electron chi connectivity index (χ0n) is 8.58. The van der Waals surface area contributed by atoms with Crippen LogP contribution in [0.4, 0.5) is 5.69 Å². The van der Waals surface area contributed by atoms with Gasteiger partial charge in [0.05, 0.1) is 0 Å². The molecule has 0 saturated heterocycles. The van der Waals surface area contributed by atoms with E-state index in [1.165, 1.54) is 6.92 Å². The van der Waals surface area contributed by atoms with Crippen molar-refractivity contribution in [1.82, 2.24) is 0 Å². The van der Waals surface area contributed by atoms with Crippen molar-refractivity contribution in [2.45, 2.75) is 18.9 Å². The summed E-state index contributed by atoms with van der Waals surface area (Å²) in [5.41, 5.74) is -0.642. The van der Waals surface area contributed by atoms with Crippen LogP contribution in [-0.2, 0) is 15.2 Å². The number of nitrogens with one attached hydrogen (secondary N) is 1. The Morgan fingerprint density at radius 1 is 1.56 bits per heavy atom. The van der Waals surface area contributed by atoms with Crippen molar-refractivity contribution in [3.63, 3.8) is 0 Å². The molecule has 0 fully saturated rings. The highest BCUT2D eigenvalue weighted by Crippen LogP contribution is 2.39. The molecule has 1 heterocycles. The Morgan fingerprint density at radius 2 is 2.25 bits per heavy atom. The van der Waals surface area contributed by atoms with Crippen LogP contribution in [0.5, 0.6) is 0 Å². The molecule has 0 radical (unpaired) electrons. The van der Waals surface area contributed by atoms with E-state index in [0.717, 1.165) is 3.57 Å². The molecule has 0 aromatic heterocycles. The van der Waals surface area contributed by atoms with Crippen LogP contribution in [-0.4, -0.2) is 16.8 Å². The number of anilines is 1. The van der Waals surface area contributed by atoms with E-state index in [1.807, 2.05) is 6.07 Å². The topological polar surface area (TPSA) is 66.4 Å². The summed E-state index contributed by atoms with van der Waals surface area (Å²) < 4.78 is 0.912. The summed E-state index contributed by atoms with van der Waals surface area (Å²) in [4.78, 5) is 22.8. The second kappa shape index (κ2) is 3.81. The minimum Gasteiger partial charge on any atom is -0.375 e. The van der Waals surface area contributed by atoms with Gasteiger partial charge in [0.2, 0.25) is 0 Å². The number of aliphatic hydroxyl groups is 1. The third kappa shape index (κ3) is 1.73. The largest absolute Gasteiger partial charge is 0.375 e. The van der Waals surface area contributed by atoms with Crippen LogP contribution >= 0.6 is 22.6 Å². The van der Waals surface area contributed by atoms with Crippen molar-refractivity contribution in [3.05, 3.63) is 27.3 Å². The number of carbonyl (C=O) groups is 2. The lowest BCUT2D eigenvalue weighted by Crippen LogP contribution is -2.36. The van der Waals surface area contributed by atoms with Gasteiger partial charge in [0, 0.05) is 21.2 Å². The number of ketones is 1. The van der Waals surface area contributed by atoms with Gasteiger partial charge < -0.3 is 10.4 Å². The molecule has 0 aliphatic carbocycles. The average Bonchev–Trinajstić information content (AvgIpc) is 2.40. The minimum atomic E-state index is -1.71. The molecule has 0 bridgehead atoms. The smallest absolute Gasteiger partial charge is 0.261 e. The van der Waals surface area contributed by atoms with Gasteiger partial charge in [-0.25, -0.2) is 0 Å². The van der Waals surface area contributed by atoms with Crippen LogP contribution in [0.1, 0.15) is 18.9 Å². The molecule has 0 saturated carbocycles. The van der Waals surface area contributed by atoms with E-state index in [-0.39, 0.29) is 12.2 Å². The lowest BCUT2D eigenvalue weighted by atomic mass is 9.90. The van der Waals surface area contributed by atoms with Gasteiger partial charge in [-0.1, -0.05) is 0 Å². The SMILES string of the molecule is CC(=O)C[C@@]1(O)C(=O)Nc2ccc(I)cc21. The highest BCUT2D eigenvalue weighted by molar-refractivity contribution is 14.1. The number of rotatable bonds is 2. The lowest BCUT2D eigenvalue weighted by Gasteiger charge is -2.19. The Labute approximate surface area is 106 Å². The fourth-order valence-electron chi connectivity index (χ4n) is 1.85. The van der Waals surface area contributed by atoms with Crippen LogP contribution in [0.3, 0.4) is 0 Å². The molecule has 0 unspecified atom stereocenters. The Kier molecular flexibility index (Phi) is 2.75. The molecule has 2 N–H and O–H groups in total. The maximum absolute atomic E-state index is 11.7. The normalized spacial score (nSPS) is 22.8. The van der Waals surface area contributed by atoms with E-state index in [0.29, 0.717) is 11.3 Å². The molecule has 2 rings (SSSR count). The molecule has 0 spiro atoms. The zero-order chi connectivity index (χ0) is 11.9. The first-order valence-corrected chi connectivity index (χ1v) is 5.84. The van der Waals surface area contributed by atoms with Crippen molar-refractivity contribution >= 4 is 40.0 Å². The third-order valence-corrected chi connectivity index (χ3v) is 3.23. The molecule has 1 aliphatic heterocycles. The molecule has 1 amide bonds.